The molecule has 0 spiro atoms. The van der Waals surface area contributed by atoms with E-state index in [2.05, 4.69) is 0 Å². The van der Waals surface area contributed by atoms with E-state index in [0.717, 1.165) is 6.07 Å². The Morgan fingerprint density at radius 1 is 1.33 bits per heavy atom. The molecule has 0 aliphatic rings. The van der Waals surface area contributed by atoms with E-state index in [1.54, 1.807) is 6.92 Å². The lowest BCUT2D eigenvalue weighted by Gasteiger charge is -2.12. The topological polar surface area (TPSA) is 83.5 Å². The molecule has 5 nitrogen and oxygen atoms in total. The molecule has 0 aliphatic heterocycles. The summed E-state index contributed by atoms with van der Waals surface area (Å²) < 4.78 is 61.9. The molecule has 21 heavy (non-hydrogen) atoms. The highest BCUT2D eigenvalue weighted by Gasteiger charge is 2.28. The molecule has 0 bridgehead atoms. The third-order valence-electron chi connectivity index (χ3n) is 2.69. The number of halogens is 3. The van der Waals surface area contributed by atoms with Crippen LogP contribution in [-0.4, -0.2) is 32.2 Å². The molecule has 0 fully saturated rings. The number of aryl methyl sites for hydroxylation is 1. The lowest BCUT2D eigenvalue weighted by molar-refractivity contribution is -0.132. The summed E-state index contributed by atoms with van der Waals surface area (Å²) >= 11 is 0. The molecule has 0 saturated carbocycles. The minimum Gasteiger partial charge on any atom is -0.478 e. The highest BCUT2D eigenvalue weighted by molar-refractivity contribution is 7.89. The third-order valence-corrected chi connectivity index (χ3v) is 4.23. The van der Waals surface area contributed by atoms with Gasteiger partial charge in [0.15, 0.2) is 0 Å². The maximum absolute atomic E-state index is 12.0. The van der Waals surface area contributed by atoms with Gasteiger partial charge in [-0.1, -0.05) is 13.0 Å². The first-order chi connectivity index (χ1) is 9.57. The number of aromatic carboxylic acids is 1. The van der Waals surface area contributed by atoms with E-state index in [9.17, 15) is 26.4 Å². The summed E-state index contributed by atoms with van der Waals surface area (Å²) in [5.74, 6) is -1.32. The predicted octanol–water partition coefficient (Wildman–Crippen LogP) is 2.18. The summed E-state index contributed by atoms with van der Waals surface area (Å²) in [5, 5.41) is 8.86. The van der Waals surface area contributed by atoms with Crippen molar-refractivity contribution in [1.82, 2.24) is 4.72 Å². The van der Waals surface area contributed by atoms with Crippen LogP contribution in [-0.2, 0) is 16.4 Å². The van der Waals surface area contributed by atoms with E-state index in [4.69, 9.17) is 5.11 Å². The van der Waals surface area contributed by atoms with Gasteiger partial charge in [0.2, 0.25) is 10.0 Å². The molecule has 0 amide bonds. The van der Waals surface area contributed by atoms with Crippen molar-refractivity contribution in [3.63, 3.8) is 0 Å². The Labute approximate surface area is 119 Å². The molecule has 0 atom stereocenters. The van der Waals surface area contributed by atoms with Gasteiger partial charge in [-0.2, -0.15) is 13.2 Å². The van der Waals surface area contributed by atoms with Crippen LogP contribution in [0.5, 0.6) is 0 Å². The summed E-state index contributed by atoms with van der Waals surface area (Å²) in [6.45, 7) is 0.858. The minimum absolute atomic E-state index is 0.247. The molecule has 0 saturated heterocycles. The van der Waals surface area contributed by atoms with Gasteiger partial charge >= 0.3 is 12.1 Å². The van der Waals surface area contributed by atoms with E-state index >= 15 is 0 Å². The smallest absolute Gasteiger partial charge is 0.390 e. The highest BCUT2D eigenvalue weighted by atomic mass is 32.2. The van der Waals surface area contributed by atoms with Crippen molar-refractivity contribution >= 4 is 16.0 Å². The van der Waals surface area contributed by atoms with E-state index in [-0.39, 0.29) is 10.5 Å². The Morgan fingerprint density at radius 2 is 1.95 bits per heavy atom. The number of nitrogens with one attached hydrogen (secondary N) is 1. The Kier molecular flexibility index (Phi) is 5.35. The van der Waals surface area contributed by atoms with Crippen LogP contribution >= 0.6 is 0 Å². The number of rotatable bonds is 6. The lowest BCUT2D eigenvalue weighted by atomic mass is 10.1. The molecule has 2 N–H and O–H groups in total. The van der Waals surface area contributed by atoms with Crippen LogP contribution in [0.3, 0.4) is 0 Å². The predicted molar refractivity (Wildman–Crippen MR) is 68.6 cm³/mol. The zero-order valence-corrected chi connectivity index (χ0v) is 11.9. The van der Waals surface area contributed by atoms with Gasteiger partial charge in [-0.05, 0) is 24.1 Å². The molecular formula is C12H14F3NO4S. The van der Waals surface area contributed by atoms with Gasteiger partial charge in [0, 0.05) is 6.54 Å². The van der Waals surface area contributed by atoms with Crippen molar-refractivity contribution in [3.8, 4) is 0 Å². The Balaban J connectivity index is 3.06. The molecule has 0 aromatic heterocycles. The van der Waals surface area contributed by atoms with Crippen LogP contribution < -0.4 is 4.72 Å². The number of benzene rings is 1. The first-order valence-electron chi connectivity index (χ1n) is 5.99. The van der Waals surface area contributed by atoms with E-state index in [0.29, 0.717) is 12.0 Å². The molecule has 0 unspecified atom stereocenters. The van der Waals surface area contributed by atoms with Crippen molar-refractivity contribution in [3.05, 3.63) is 29.3 Å². The maximum Gasteiger partial charge on any atom is 0.390 e. The molecule has 1 rings (SSSR count). The summed E-state index contributed by atoms with van der Waals surface area (Å²) in [7, 11) is -4.19. The first-order valence-corrected chi connectivity index (χ1v) is 7.48. The van der Waals surface area contributed by atoms with Gasteiger partial charge in [-0.25, -0.2) is 17.9 Å². The molecule has 1 aromatic rings. The van der Waals surface area contributed by atoms with Gasteiger partial charge in [-0.3, -0.25) is 0 Å². The summed E-state index contributed by atoms with van der Waals surface area (Å²) in [5.41, 5.74) is 0.0860. The maximum atomic E-state index is 12.0. The van der Waals surface area contributed by atoms with Gasteiger partial charge in [0.05, 0.1) is 16.9 Å². The normalized spacial score (nSPS) is 12.4. The number of carboxylic acid groups (broad SMARTS) is 1. The van der Waals surface area contributed by atoms with Crippen molar-refractivity contribution in [1.29, 1.82) is 0 Å². The number of carboxylic acids is 1. The van der Waals surface area contributed by atoms with E-state index in [1.165, 1.54) is 12.1 Å². The third kappa shape index (κ3) is 5.01. The second kappa shape index (κ2) is 6.44. The quantitative estimate of drug-likeness (QED) is 0.840. The van der Waals surface area contributed by atoms with E-state index < -0.39 is 35.1 Å². The van der Waals surface area contributed by atoms with Crippen LogP contribution in [0.1, 0.15) is 29.3 Å². The summed E-state index contributed by atoms with van der Waals surface area (Å²) in [6.07, 6.45) is -5.47. The Morgan fingerprint density at radius 3 is 2.43 bits per heavy atom. The largest absolute Gasteiger partial charge is 0.478 e. The van der Waals surface area contributed by atoms with Gasteiger partial charge in [0.1, 0.15) is 0 Å². The second-order valence-corrected chi connectivity index (χ2v) is 5.98. The van der Waals surface area contributed by atoms with Crippen LogP contribution in [0.4, 0.5) is 13.2 Å². The SMILES string of the molecule is CCc1ccc(C(=O)O)cc1S(=O)(=O)NCCC(F)(F)F. The van der Waals surface area contributed by atoms with Crippen LogP contribution in [0.2, 0.25) is 0 Å². The molecule has 0 heterocycles. The van der Waals surface area contributed by atoms with Crippen LogP contribution in [0.15, 0.2) is 23.1 Å². The molecule has 0 radical (unpaired) electrons. The molecule has 9 heteroatoms. The van der Waals surface area contributed by atoms with Crippen molar-refractivity contribution in [2.24, 2.45) is 0 Å². The second-order valence-electron chi connectivity index (χ2n) is 4.24. The number of carbonyl (C=O) groups is 1. The van der Waals surface area contributed by atoms with Crippen molar-refractivity contribution < 1.29 is 31.5 Å². The van der Waals surface area contributed by atoms with E-state index in [1.807, 2.05) is 4.72 Å². The molecule has 118 valence electrons. The molecular weight excluding hydrogens is 311 g/mol. The molecule has 1 aromatic carbocycles. The Hall–Kier alpha value is -1.61. The average Bonchev–Trinajstić information content (AvgIpc) is 2.36. The zero-order valence-electron chi connectivity index (χ0n) is 11.1. The van der Waals surface area contributed by atoms with Crippen LogP contribution in [0.25, 0.3) is 0 Å². The van der Waals surface area contributed by atoms with Gasteiger partial charge in [0.25, 0.3) is 0 Å². The number of hydrogen-bond acceptors (Lipinski definition) is 3. The van der Waals surface area contributed by atoms with Gasteiger partial charge < -0.3 is 5.11 Å². The summed E-state index contributed by atoms with van der Waals surface area (Å²) in [6, 6.07) is 3.52. The fourth-order valence-corrected chi connectivity index (χ4v) is 3.00. The minimum atomic E-state index is -4.47. The lowest BCUT2D eigenvalue weighted by Crippen LogP contribution is -2.29. The average molecular weight is 325 g/mol. The van der Waals surface area contributed by atoms with Crippen molar-refractivity contribution in [2.75, 3.05) is 6.54 Å². The molecule has 0 aliphatic carbocycles. The Bertz CT molecular complexity index is 626. The fraction of sp³-hybridized carbons (Fsp3) is 0.417. The monoisotopic (exact) mass is 325 g/mol. The first kappa shape index (κ1) is 17.4. The zero-order chi connectivity index (χ0) is 16.3. The summed E-state index contributed by atoms with van der Waals surface area (Å²) in [4.78, 5) is 10.5. The standard InChI is InChI=1S/C12H14F3NO4S/c1-2-8-3-4-9(11(17)18)7-10(8)21(19,20)16-6-5-12(13,14)15/h3-4,7,16H,2,5-6H2,1H3,(H,17,18). The number of alkyl halides is 3. The number of sulfonamides is 1. The highest BCUT2D eigenvalue weighted by Crippen LogP contribution is 2.21. The van der Waals surface area contributed by atoms with Gasteiger partial charge in [-0.15, -0.1) is 0 Å². The fourth-order valence-electron chi connectivity index (χ4n) is 1.63. The number of hydrogen-bond donors (Lipinski definition) is 2. The van der Waals surface area contributed by atoms with Crippen LogP contribution in [0, 0.1) is 0 Å². The van der Waals surface area contributed by atoms with Crippen molar-refractivity contribution in [2.45, 2.75) is 30.8 Å².